The number of hydrogen-bond donors (Lipinski definition) is 1. The molecule has 1 aliphatic rings. The van der Waals surface area contributed by atoms with E-state index in [0.717, 1.165) is 11.7 Å². The number of thiol groups is 1. The van der Waals surface area contributed by atoms with Gasteiger partial charge in [-0.25, -0.2) is 0 Å². The van der Waals surface area contributed by atoms with Crippen LogP contribution in [0.1, 0.15) is 0 Å². The van der Waals surface area contributed by atoms with Crippen molar-refractivity contribution in [2.75, 3.05) is 20.8 Å². The molecule has 1 heterocycles. The van der Waals surface area contributed by atoms with E-state index in [4.69, 9.17) is 0 Å². The Morgan fingerprint density at radius 1 is 1.62 bits per heavy atom. The van der Waals surface area contributed by atoms with E-state index < -0.39 is 0 Å². The second-order valence-corrected chi connectivity index (χ2v) is 2.54. The van der Waals surface area contributed by atoms with Gasteiger partial charge in [-0.15, -0.1) is 12.6 Å². The molecule has 0 saturated carbocycles. The summed E-state index contributed by atoms with van der Waals surface area (Å²) in [7, 11) is 4.04. The van der Waals surface area contributed by atoms with E-state index in [9.17, 15) is 0 Å². The van der Waals surface area contributed by atoms with Crippen LogP contribution in [0.3, 0.4) is 0 Å². The van der Waals surface area contributed by atoms with Crippen LogP contribution in [0, 0.1) is 0 Å². The van der Waals surface area contributed by atoms with Gasteiger partial charge in [0.15, 0.2) is 0 Å². The van der Waals surface area contributed by atoms with Gasteiger partial charge in [-0.1, -0.05) is 0 Å². The fourth-order valence-corrected chi connectivity index (χ4v) is 1.00. The van der Waals surface area contributed by atoms with Crippen LogP contribution in [-0.4, -0.2) is 30.6 Å². The first kappa shape index (κ1) is 5.82. The lowest BCUT2D eigenvalue weighted by Crippen LogP contribution is -2.18. The SMILES string of the molecule is CN1C=C(S)N(C)C1. The quantitative estimate of drug-likeness (QED) is 0.478. The summed E-state index contributed by atoms with van der Waals surface area (Å²) in [6, 6.07) is 0. The highest BCUT2D eigenvalue weighted by atomic mass is 32.1. The Kier molecular flexibility index (Phi) is 1.38. The van der Waals surface area contributed by atoms with Crippen molar-refractivity contribution < 1.29 is 0 Å². The molecule has 0 spiro atoms. The number of rotatable bonds is 0. The molecule has 2 nitrogen and oxygen atoms in total. The van der Waals surface area contributed by atoms with Crippen molar-refractivity contribution in [3.8, 4) is 0 Å². The molecule has 0 unspecified atom stereocenters. The van der Waals surface area contributed by atoms with Crippen molar-refractivity contribution in [3.63, 3.8) is 0 Å². The Labute approximate surface area is 55.2 Å². The normalized spacial score (nSPS) is 19.6. The summed E-state index contributed by atoms with van der Waals surface area (Å²) in [4.78, 5) is 4.16. The Morgan fingerprint density at radius 2 is 2.25 bits per heavy atom. The fraction of sp³-hybridized carbons (Fsp3) is 0.600. The molecule has 0 amide bonds. The molecule has 0 aromatic heterocycles. The van der Waals surface area contributed by atoms with Crippen molar-refractivity contribution in [1.82, 2.24) is 9.80 Å². The zero-order chi connectivity index (χ0) is 6.15. The maximum absolute atomic E-state index is 4.19. The third-order valence-electron chi connectivity index (χ3n) is 1.16. The lowest BCUT2D eigenvalue weighted by molar-refractivity contribution is 0.337. The monoisotopic (exact) mass is 130 g/mol. The molecule has 1 rings (SSSR count). The first-order valence-corrected chi connectivity index (χ1v) is 2.97. The molecule has 46 valence electrons. The topological polar surface area (TPSA) is 6.48 Å². The molecule has 0 aliphatic carbocycles. The van der Waals surface area contributed by atoms with E-state index in [1.54, 1.807) is 0 Å². The van der Waals surface area contributed by atoms with Gasteiger partial charge in [-0.2, -0.15) is 0 Å². The minimum Gasteiger partial charge on any atom is -0.361 e. The van der Waals surface area contributed by atoms with Gasteiger partial charge in [-0.3, -0.25) is 0 Å². The third kappa shape index (κ3) is 0.916. The Hall–Kier alpha value is -0.310. The molecule has 0 aromatic carbocycles. The molecule has 0 aromatic rings. The first-order chi connectivity index (χ1) is 3.70. The van der Waals surface area contributed by atoms with E-state index in [0.29, 0.717) is 0 Å². The highest BCUT2D eigenvalue weighted by molar-refractivity contribution is 7.84. The minimum absolute atomic E-state index is 0.957. The molecule has 0 saturated heterocycles. The third-order valence-corrected chi connectivity index (χ3v) is 1.62. The second kappa shape index (κ2) is 1.90. The van der Waals surface area contributed by atoms with Crippen molar-refractivity contribution in [1.29, 1.82) is 0 Å². The van der Waals surface area contributed by atoms with E-state index in [1.807, 2.05) is 20.3 Å². The highest BCUT2D eigenvalue weighted by Gasteiger charge is 2.08. The molecule has 0 bridgehead atoms. The predicted octanol–water partition coefficient (Wildman–Crippen LogP) is 0.550. The zero-order valence-corrected chi connectivity index (χ0v) is 6.02. The van der Waals surface area contributed by atoms with Crippen LogP contribution in [0.4, 0.5) is 0 Å². The Balaban J connectivity index is 2.59. The molecular formula is C5H10N2S. The van der Waals surface area contributed by atoms with Crippen LogP contribution < -0.4 is 0 Å². The van der Waals surface area contributed by atoms with Crippen LogP contribution in [0.25, 0.3) is 0 Å². The van der Waals surface area contributed by atoms with Gasteiger partial charge in [-0.05, 0) is 0 Å². The van der Waals surface area contributed by atoms with Crippen LogP contribution in [0.2, 0.25) is 0 Å². The van der Waals surface area contributed by atoms with E-state index in [2.05, 4.69) is 22.4 Å². The summed E-state index contributed by atoms with van der Waals surface area (Å²) >= 11 is 4.19. The Bertz CT molecular complexity index is 122. The van der Waals surface area contributed by atoms with Crippen molar-refractivity contribution >= 4 is 12.6 Å². The molecule has 3 heteroatoms. The number of hydrogen-bond acceptors (Lipinski definition) is 3. The maximum atomic E-state index is 4.19. The van der Waals surface area contributed by atoms with Crippen LogP contribution in [0.5, 0.6) is 0 Å². The first-order valence-electron chi connectivity index (χ1n) is 2.52. The zero-order valence-electron chi connectivity index (χ0n) is 5.13. The van der Waals surface area contributed by atoms with Crippen molar-refractivity contribution in [2.24, 2.45) is 0 Å². The predicted molar refractivity (Wildman–Crippen MR) is 37.5 cm³/mol. The van der Waals surface area contributed by atoms with Gasteiger partial charge in [0.1, 0.15) is 0 Å². The highest BCUT2D eigenvalue weighted by Crippen LogP contribution is 2.13. The summed E-state index contributed by atoms with van der Waals surface area (Å²) in [5, 5.41) is 1.03. The van der Waals surface area contributed by atoms with Gasteiger partial charge < -0.3 is 9.80 Å². The molecule has 0 N–H and O–H groups in total. The van der Waals surface area contributed by atoms with Crippen molar-refractivity contribution in [2.45, 2.75) is 0 Å². The largest absolute Gasteiger partial charge is 0.361 e. The molecule has 1 aliphatic heterocycles. The van der Waals surface area contributed by atoms with E-state index in [1.165, 1.54) is 0 Å². The van der Waals surface area contributed by atoms with Gasteiger partial charge >= 0.3 is 0 Å². The summed E-state index contributed by atoms with van der Waals surface area (Å²) in [6.45, 7) is 0.957. The molecule has 8 heavy (non-hydrogen) atoms. The maximum Gasteiger partial charge on any atom is 0.0897 e. The molecule has 0 radical (unpaired) electrons. The van der Waals surface area contributed by atoms with Gasteiger partial charge in [0.05, 0.1) is 11.7 Å². The number of nitrogens with zero attached hydrogens (tertiary/aromatic N) is 2. The second-order valence-electron chi connectivity index (χ2n) is 2.08. The summed E-state index contributed by atoms with van der Waals surface area (Å²) in [5.74, 6) is 0. The standard InChI is InChI=1S/C5H10N2S/c1-6-3-5(8)7(2)4-6/h3,8H,4H2,1-2H3. The summed E-state index contributed by atoms with van der Waals surface area (Å²) in [5.41, 5.74) is 0. The average molecular weight is 130 g/mol. The van der Waals surface area contributed by atoms with Crippen LogP contribution in [0.15, 0.2) is 11.2 Å². The average Bonchev–Trinajstić information content (AvgIpc) is 1.85. The molecule has 0 fully saturated rings. The minimum atomic E-state index is 0.957. The van der Waals surface area contributed by atoms with E-state index >= 15 is 0 Å². The smallest absolute Gasteiger partial charge is 0.0897 e. The molecular weight excluding hydrogens is 120 g/mol. The van der Waals surface area contributed by atoms with Gasteiger partial charge in [0.2, 0.25) is 0 Å². The summed E-state index contributed by atoms with van der Waals surface area (Å²) < 4.78 is 0. The van der Waals surface area contributed by atoms with E-state index in [-0.39, 0.29) is 0 Å². The van der Waals surface area contributed by atoms with Gasteiger partial charge in [0.25, 0.3) is 0 Å². The van der Waals surface area contributed by atoms with Crippen LogP contribution >= 0.6 is 12.6 Å². The van der Waals surface area contributed by atoms with Crippen LogP contribution in [-0.2, 0) is 0 Å². The lowest BCUT2D eigenvalue weighted by atomic mass is 10.8. The fourth-order valence-electron chi connectivity index (χ4n) is 0.744. The summed E-state index contributed by atoms with van der Waals surface area (Å²) in [6.07, 6.45) is 2.00. The van der Waals surface area contributed by atoms with Crippen molar-refractivity contribution in [3.05, 3.63) is 11.2 Å². The van der Waals surface area contributed by atoms with Gasteiger partial charge in [0, 0.05) is 20.3 Å². The lowest BCUT2D eigenvalue weighted by Gasteiger charge is -2.12. The Morgan fingerprint density at radius 3 is 2.38 bits per heavy atom. The molecule has 0 atom stereocenters.